The van der Waals surface area contributed by atoms with Crippen LogP contribution in [0.3, 0.4) is 0 Å². The number of rotatable bonds is 2. The minimum Gasteiger partial charge on any atom is -0.402 e. The van der Waals surface area contributed by atoms with Crippen LogP contribution in [0.15, 0.2) is 63.9 Å². The molecule has 2 aromatic carbocycles. The largest absolute Gasteiger partial charge is 0.402 e. The highest BCUT2D eigenvalue weighted by atomic mass is 19.1. The Kier molecular flexibility index (Phi) is 3.49. The highest BCUT2D eigenvalue weighted by Gasteiger charge is 2.19. The number of pyridine rings is 1. The quantitative estimate of drug-likeness (QED) is 0.466. The van der Waals surface area contributed by atoms with Gasteiger partial charge in [0.1, 0.15) is 11.3 Å². The topological polar surface area (TPSA) is 74.0 Å². The molecule has 0 fully saturated rings. The second-order valence-electron chi connectivity index (χ2n) is 6.93. The van der Waals surface area contributed by atoms with Crippen LogP contribution < -0.4 is 11.4 Å². The molecule has 0 spiro atoms. The van der Waals surface area contributed by atoms with Crippen LogP contribution in [-0.4, -0.2) is 9.55 Å². The predicted molar refractivity (Wildman–Crippen MR) is 108 cm³/mol. The Labute approximate surface area is 158 Å². The van der Waals surface area contributed by atoms with Crippen LogP contribution in [0.1, 0.15) is 11.1 Å². The maximum absolute atomic E-state index is 14.4. The summed E-state index contributed by atoms with van der Waals surface area (Å²) < 4.78 is 21.7. The number of benzene rings is 2. The normalized spacial score (nSPS) is 11.6. The van der Waals surface area contributed by atoms with Gasteiger partial charge >= 0.3 is 5.63 Å². The van der Waals surface area contributed by atoms with Crippen molar-refractivity contribution in [2.75, 3.05) is 5.73 Å². The summed E-state index contributed by atoms with van der Waals surface area (Å²) >= 11 is 0. The van der Waals surface area contributed by atoms with Gasteiger partial charge in [-0.2, -0.15) is 0 Å². The van der Waals surface area contributed by atoms with Crippen molar-refractivity contribution in [3.8, 4) is 0 Å². The van der Waals surface area contributed by atoms with Crippen LogP contribution in [0.4, 0.5) is 10.1 Å². The van der Waals surface area contributed by atoms with E-state index in [4.69, 9.17) is 10.2 Å². The van der Waals surface area contributed by atoms with Gasteiger partial charge in [0.15, 0.2) is 0 Å². The average molecular weight is 373 g/mol. The van der Waals surface area contributed by atoms with Gasteiger partial charge in [0.25, 0.3) is 0 Å². The van der Waals surface area contributed by atoms with E-state index in [0.29, 0.717) is 16.8 Å². The number of anilines is 1. The molecule has 0 unspecified atom stereocenters. The molecule has 28 heavy (non-hydrogen) atoms. The first-order valence-electron chi connectivity index (χ1n) is 8.87. The van der Waals surface area contributed by atoms with Crippen molar-refractivity contribution in [1.82, 2.24) is 9.55 Å². The molecule has 6 heteroatoms. The van der Waals surface area contributed by atoms with E-state index in [1.807, 2.05) is 31.2 Å². The van der Waals surface area contributed by atoms with Crippen LogP contribution in [0.2, 0.25) is 0 Å². The number of nitrogens with zero attached hydrogens (tertiary/aromatic N) is 2. The molecule has 0 saturated carbocycles. The summed E-state index contributed by atoms with van der Waals surface area (Å²) in [6.45, 7) is 2.16. The lowest BCUT2D eigenvalue weighted by molar-refractivity contribution is 0.552. The number of aromatic nitrogens is 2. The number of hydrogen-bond acceptors (Lipinski definition) is 4. The number of halogens is 1. The lowest BCUT2D eigenvalue weighted by Crippen LogP contribution is -2.09. The van der Waals surface area contributed by atoms with Gasteiger partial charge in [0.2, 0.25) is 5.71 Å². The van der Waals surface area contributed by atoms with Crippen molar-refractivity contribution in [2.24, 2.45) is 0 Å². The Morgan fingerprint density at radius 1 is 1.14 bits per heavy atom. The van der Waals surface area contributed by atoms with E-state index < -0.39 is 5.63 Å². The molecule has 5 nitrogen and oxygen atoms in total. The van der Waals surface area contributed by atoms with Crippen molar-refractivity contribution in [1.29, 1.82) is 0 Å². The van der Waals surface area contributed by atoms with Crippen LogP contribution >= 0.6 is 0 Å². The summed E-state index contributed by atoms with van der Waals surface area (Å²) in [5.74, 6) is -0.372. The van der Waals surface area contributed by atoms with Crippen molar-refractivity contribution >= 4 is 38.6 Å². The van der Waals surface area contributed by atoms with Gasteiger partial charge < -0.3 is 14.7 Å². The Balaban J connectivity index is 1.94. The van der Waals surface area contributed by atoms with E-state index >= 15 is 0 Å². The molecule has 0 aliphatic heterocycles. The standard InChI is InChI=1S/C22H16FN3O2/c1-12-4-7-18-16(9-12)19-15-3-2-8-25-21(15)28-22(27)20(19)26(18)11-13-10-14(24)5-6-17(13)23/h2-10H,11,24H2,1H3. The lowest BCUT2D eigenvalue weighted by Gasteiger charge is -2.09. The predicted octanol–water partition coefficient (Wildman–Crippen LogP) is 4.37. The summed E-state index contributed by atoms with van der Waals surface area (Å²) in [6, 6.07) is 14.1. The van der Waals surface area contributed by atoms with Gasteiger partial charge in [-0.15, -0.1) is 0 Å². The maximum atomic E-state index is 14.4. The highest BCUT2D eigenvalue weighted by molar-refractivity contribution is 6.18. The third-order valence-electron chi connectivity index (χ3n) is 5.04. The Morgan fingerprint density at radius 3 is 2.86 bits per heavy atom. The van der Waals surface area contributed by atoms with Crippen molar-refractivity contribution < 1.29 is 8.81 Å². The molecule has 0 atom stereocenters. The molecule has 0 aliphatic rings. The lowest BCUT2D eigenvalue weighted by atomic mass is 10.1. The zero-order chi connectivity index (χ0) is 19.4. The van der Waals surface area contributed by atoms with Crippen molar-refractivity contribution in [3.05, 3.63) is 82.1 Å². The van der Waals surface area contributed by atoms with E-state index in [2.05, 4.69) is 4.98 Å². The number of hydrogen-bond donors (Lipinski definition) is 1. The number of aryl methyl sites for hydroxylation is 1. The van der Waals surface area contributed by atoms with Gasteiger partial charge in [0.05, 0.1) is 6.54 Å². The fourth-order valence-electron chi connectivity index (χ4n) is 3.80. The molecule has 138 valence electrons. The molecule has 0 bridgehead atoms. The third kappa shape index (κ3) is 2.38. The van der Waals surface area contributed by atoms with Crippen LogP contribution in [0.5, 0.6) is 0 Å². The summed E-state index contributed by atoms with van der Waals surface area (Å²) in [7, 11) is 0. The minimum absolute atomic E-state index is 0.163. The molecule has 3 aromatic heterocycles. The summed E-state index contributed by atoms with van der Waals surface area (Å²) in [6.07, 6.45) is 1.59. The number of fused-ring (bicyclic) bond motifs is 5. The van der Waals surface area contributed by atoms with E-state index in [-0.39, 0.29) is 18.1 Å². The van der Waals surface area contributed by atoms with E-state index in [9.17, 15) is 9.18 Å². The first kappa shape index (κ1) is 16.5. The molecule has 2 N–H and O–H groups in total. The smallest absolute Gasteiger partial charge is 0.362 e. The minimum atomic E-state index is -0.501. The summed E-state index contributed by atoms with van der Waals surface area (Å²) in [5, 5.41) is 2.42. The van der Waals surface area contributed by atoms with Gasteiger partial charge in [-0.3, -0.25) is 0 Å². The second kappa shape index (κ2) is 5.92. The van der Waals surface area contributed by atoms with Gasteiger partial charge in [0, 0.05) is 39.1 Å². The zero-order valence-electron chi connectivity index (χ0n) is 15.1. The number of nitrogens with two attached hydrogens (primary N) is 1. The van der Waals surface area contributed by atoms with Crippen molar-refractivity contribution in [2.45, 2.75) is 13.5 Å². The first-order valence-corrected chi connectivity index (χ1v) is 8.87. The Hall–Kier alpha value is -3.67. The Bertz CT molecular complexity index is 1450. The second-order valence-corrected chi connectivity index (χ2v) is 6.93. The highest BCUT2D eigenvalue weighted by Crippen LogP contribution is 2.33. The fraction of sp³-hybridized carbons (Fsp3) is 0.0909. The summed E-state index contributed by atoms with van der Waals surface area (Å²) in [4.78, 5) is 17.1. The molecule has 0 aliphatic carbocycles. The molecule has 5 aromatic rings. The van der Waals surface area contributed by atoms with E-state index in [1.54, 1.807) is 22.9 Å². The van der Waals surface area contributed by atoms with Crippen LogP contribution in [-0.2, 0) is 6.54 Å². The van der Waals surface area contributed by atoms with Gasteiger partial charge in [-0.25, -0.2) is 14.2 Å². The maximum Gasteiger partial charge on any atom is 0.362 e. The zero-order valence-corrected chi connectivity index (χ0v) is 15.1. The molecular weight excluding hydrogens is 357 g/mol. The van der Waals surface area contributed by atoms with E-state index in [0.717, 1.165) is 27.2 Å². The van der Waals surface area contributed by atoms with Gasteiger partial charge in [-0.05, 0) is 49.4 Å². The summed E-state index contributed by atoms with van der Waals surface area (Å²) in [5.41, 5.74) is 8.78. The molecular formula is C22H16FN3O2. The first-order chi connectivity index (χ1) is 13.5. The SMILES string of the molecule is Cc1ccc2c(c1)c1c3cccnc3oc(=O)c1n2Cc1cc(N)ccc1F. The van der Waals surface area contributed by atoms with Crippen LogP contribution in [0, 0.1) is 12.7 Å². The monoisotopic (exact) mass is 373 g/mol. The molecule has 0 amide bonds. The third-order valence-corrected chi connectivity index (χ3v) is 5.04. The van der Waals surface area contributed by atoms with Gasteiger partial charge in [-0.1, -0.05) is 11.6 Å². The van der Waals surface area contributed by atoms with Crippen molar-refractivity contribution in [3.63, 3.8) is 0 Å². The number of nitrogen functional groups attached to an aromatic ring is 1. The fourth-order valence-corrected chi connectivity index (χ4v) is 3.80. The molecule has 5 rings (SSSR count). The molecule has 3 heterocycles. The Morgan fingerprint density at radius 2 is 2.00 bits per heavy atom. The average Bonchev–Trinajstić information content (AvgIpc) is 2.99. The molecule has 0 radical (unpaired) electrons. The van der Waals surface area contributed by atoms with E-state index in [1.165, 1.54) is 12.1 Å². The molecule has 0 saturated heterocycles. The van der Waals surface area contributed by atoms with Crippen LogP contribution in [0.25, 0.3) is 32.9 Å².